The number of aliphatic hydroxyl groups is 1. The lowest BCUT2D eigenvalue weighted by molar-refractivity contribution is -0.151. The van der Waals surface area contributed by atoms with Crippen LogP contribution in [-0.4, -0.2) is 23.3 Å². The summed E-state index contributed by atoms with van der Waals surface area (Å²) in [5.41, 5.74) is 0.205. The molecule has 4 aliphatic carbocycles. The van der Waals surface area contributed by atoms with Gasteiger partial charge in [0.05, 0.1) is 5.60 Å². The third-order valence-electron chi connectivity index (χ3n) is 12.0. The van der Waals surface area contributed by atoms with Gasteiger partial charge in [-0.2, -0.15) is 0 Å². The minimum atomic E-state index is -0.945. The van der Waals surface area contributed by atoms with Gasteiger partial charge in [0.15, 0.2) is 0 Å². The lowest BCUT2D eigenvalue weighted by atomic mass is 9.44. The Morgan fingerprint density at radius 3 is 2.42 bits per heavy atom. The van der Waals surface area contributed by atoms with Gasteiger partial charge in [0.25, 0.3) is 0 Å². The van der Waals surface area contributed by atoms with E-state index in [2.05, 4.69) is 27.7 Å². The predicted octanol–water partition coefficient (Wildman–Crippen LogP) is 7.40. The third-order valence-corrected chi connectivity index (χ3v) is 12.0. The molecule has 0 aromatic rings. The van der Waals surface area contributed by atoms with Crippen molar-refractivity contribution in [3.8, 4) is 0 Å². The third kappa shape index (κ3) is 4.66. The van der Waals surface area contributed by atoms with Crippen molar-refractivity contribution in [2.45, 2.75) is 124 Å². The Labute approximate surface area is 203 Å². The average molecular weight is 461 g/mol. The smallest absolute Gasteiger partial charge is 0.302 e. The molecule has 0 aromatic carbocycles. The van der Waals surface area contributed by atoms with Crippen LogP contribution in [-0.2, 0) is 9.53 Å². The molecular weight excluding hydrogens is 408 g/mol. The standard InChI is InChI=1S/C30H52O3/c1-20(10-11-21(2)30(6,32)19-33-22(3)31)25-14-15-26-24-13-12-23-9-7-8-17-28(23,4)27(24)16-18-29(25,26)5/h20-21,23-27,32H,7-19H2,1-6H3/t20-,21-,23?,24+,25-,26+,27+,28+,29-,30?/m1/s1. The van der Waals surface area contributed by atoms with Gasteiger partial charge >= 0.3 is 5.97 Å². The molecule has 0 radical (unpaired) electrons. The fourth-order valence-corrected chi connectivity index (χ4v) is 9.69. The molecule has 1 N–H and O–H groups in total. The number of hydrogen-bond donors (Lipinski definition) is 1. The van der Waals surface area contributed by atoms with E-state index in [4.69, 9.17) is 4.74 Å². The van der Waals surface area contributed by atoms with Crippen molar-refractivity contribution in [3.05, 3.63) is 0 Å². The molecule has 4 saturated carbocycles. The van der Waals surface area contributed by atoms with E-state index in [0.29, 0.717) is 16.7 Å². The monoisotopic (exact) mass is 460 g/mol. The molecule has 33 heavy (non-hydrogen) atoms. The fraction of sp³-hybridized carbons (Fsp3) is 0.967. The maximum absolute atomic E-state index is 11.2. The molecule has 4 aliphatic rings. The van der Waals surface area contributed by atoms with E-state index in [0.717, 1.165) is 42.4 Å². The molecule has 0 amide bonds. The number of carbonyl (C=O) groups is 1. The summed E-state index contributed by atoms with van der Waals surface area (Å²) in [7, 11) is 0. The molecule has 0 aromatic heterocycles. The zero-order valence-electron chi connectivity index (χ0n) is 22.5. The van der Waals surface area contributed by atoms with Crippen LogP contribution >= 0.6 is 0 Å². The maximum atomic E-state index is 11.2. The summed E-state index contributed by atoms with van der Waals surface area (Å²) in [5.74, 6) is 5.25. The van der Waals surface area contributed by atoms with Crippen molar-refractivity contribution in [2.24, 2.45) is 52.3 Å². The molecule has 0 heterocycles. The number of hydrogen-bond acceptors (Lipinski definition) is 3. The Kier molecular flexibility index (Phi) is 7.33. The van der Waals surface area contributed by atoms with Crippen LogP contribution in [0.4, 0.5) is 0 Å². The minimum Gasteiger partial charge on any atom is -0.463 e. The summed E-state index contributed by atoms with van der Waals surface area (Å²) in [6.45, 7) is 13.3. The predicted molar refractivity (Wildman–Crippen MR) is 135 cm³/mol. The first-order valence-corrected chi connectivity index (χ1v) is 14.3. The largest absolute Gasteiger partial charge is 0.463 e. The fourth-order valence-electron chi connectivity index (χ4n) is 9.69. The van der Waals surface area contributed by atoms with E-state index in [1.807, 2.05) is 6.92 Å². The second-order valence-corrected chi connectivity index (χ2v) is 13.7. The summed E-state index contributed by atoms with van der Waals surface area (Å²) in [6, 6.07) is 0. The van der Waals surface area contributed by atoms with Crippen LogP contribution in [0, 0.1) is 52.3 Å². The highest BCUT2D eigenvalue weighted by Crippen LogP contribution is 2.68. The first-order valence-electron chi connectivity index (χ1n) is 14.3. The van der Waals surface area contributed by atoms with Crippen LogP contribution in [0.15, 0.2) is 0 Å². The molecule has 3 nitrogen and oxygen atoms in total. The molecule has 4 fully saturated rings. The first-order chi connectivity index (χ1) is 15.5. The van der Waals surface area contributed by atoms with E-state index in [-0.39, 0.29) is 18.5 Å². The van der Waals surface area contributed by atoms with Crippen LogP contribution in [0.2, 0.25) is 0 Å². The Hall–Kier alpha value is -0.570. The molecule has 0 bridgehead atoms. The van der Waals surface area contributed by atoms with Crippen molar-refractivity contribution in [1.29, 1.82) is 0 Å². The number of rotatable bonds is 7. The summed E-state index contributed by atoms with van der Waals surface area (Å²) in [5, 5.41) is 10.8. The Balaban J connectivity index is 1.38. The van der Waals surface area contributed by atoms with Gasteiger partial charge in [-0.25, -0.2) is 0 Å². The van der Waals surface area contributed by atoms with Crippen molar-refractivity contribution in [1.82, 2.24) is 0 Å². The summed E-state index contributed by atoms with van der Waals surface area (Å²) in [4.78, 5) is 11.2. The second-order valence-electron chi connectivity index (χ2n) is 13.7. The minimum absolute atomic E-state index is 0.101. The van der Waals surface area contributed by atoms with Gasteiger partial charge in [-0.3, -0.25) is 4.79 Å². The van der Waals surface area contributed by atoms with Crippen LogP contribution in [0.25, 0.3) is 0 Å². The topological polar surface area (TPSA) is 46.5 Å². The van der Waals surface area contributed by atoms with E-state index in [1.165, 1.54) is 71.1 Å². The van der Waals surface area contributed by atoms with Gasteiger partial charge in [0.1, 0.15) is 6.61 Å². The van der Waals surface area contributed by atoms with Crippen molar-refractivity contribution >= 4 is 5.97 Å². The quantitative estimate of drug-likeness (QED) is 0.403. The molecule has 0 saturated heterocycles. The molecule has 10 atom stereocenters. The highest BCUT2D eigenvalue weighted by molar-refractivity contribution is 5.65. The molecule has 3 heteroatoms. The number of esters is 1. The van der Waals surface area contributed by atoms with Crippen LogP contribution in [0.1, 0.15) is 119 Å². The van der Waals surface area contributed by atoms with Crippen LogP contribution in [0.3, 0.4) is 0 Å². The lowest BCUT2D eigenvalue weighted by Crippen LogP contribution is -2.53. The SMILES string of the molecule is CC(=O)OCC(C)(O)[C@H](C)CC[C@@H](C)[C@H]1CC[C@H]2[C@@H]3CCC4CCCC[C@]4(C)[C@H]3CC[C@]12C. The number of fused-ring (bicyclic) bond motifs is 5. The summed E-state index contributed by atoms with van der Waals surface area (Å²) < 4.78 is 5.13. The van der Waals surface area contributed by atoms with Gasteiger partial charge in [-0.05, 0) is 117 Å². The number of ether oxygens (including phenoxy) is 1. The van der Waals surface area contributed by atoms with E-state index >= 15 is 0 Å². The van der Waals surface area contributed by atoms with E-state index in [1.54, 1.807) is 0 Å². The maximum Gasteiger partial charge on any atom is 0.302 e. The highest BCUT2D eigenvalue weighted by Gasteiger charge is 2.60. The Morgan fingerprint density at radius 1 is 0.970 bits per heavy atom. The molecule has 4 rings (SSSR count). The van der Waals surface area contributed by atoms with Crippen molar-refractivity contribution in [3.63, 3.8) is 0 Å². The van der Waals surface area contributed by atoms with Crippen LogP contribution in [0.5, 0.6) is 0 Å². The van der Waals surface area contributed by atoms with Crippen molar-refractivity contribution in [2.75, 3.05) is 6.61 Å². The van der Waals surface area contributed by atoms with Gasteiger partial charge in [-0.15, -0.1) is 0 Å². The van der Waals surface area contributed by atoms with E-state index in [9.17, 15) is 9.90 Å². The Bertz CT molecular complexity index is 701. The Morgan fingerprint density at radius 2 is 1.70 bits per heavy atom. The van der Waals surface area contributed by atoms with Gasteiger partial charge in [0, 0.05) is 6.92 Å². The molecular formula is C30H52O3. The van der Waals surface area contributed by atoms with Crippen LogP contribution < -0.4 is 0 Å². The summed E-state index contributed by atoms with van der Waals surface area (Å²) in [6.07, 6.45) is 16.9. The lowest BCUT2D eigenvalue weighted by Gasteiger charge is -2.61. The first kappa shape index (κ1) is 25.5. The zero-order valence-corrected chi connectivity index (χ0v) is 22.5. The van der Waals surface area contributed by atoms with Gasteiger partial charge in [0.2, 0.25) is 0 Å². The molecule has 2 unspecified atom stereocenters. The van der Waals surface area contributed by atoms with Gasteiger partial charge < -0.3 is 9.84 Å². The van der Waals surface area contributed by atoms with Gasteiger partial charge in [-0.1, -0.05) is 47.0 Å². The molecule has 0 spiro atoms. The normalized spacial score (nSPS) is 44.0. The highest BCUT2D eigenvalue weighted by atomic mass is 16.5. The van der Waals surface area contributed by atoms with E-state index < -0.39 is 5.60 Å². The average Bonchev–Trinajstić information content (AvgIpc) is 3.12. The number of carbonyl (C=O) groups excluding carboxylic acids is 1. The molecule has 190 valence electrons. The molecule has 0 aliphatic heterocycles. The summed E-state index contributed by atoms with van der Waals surface area (Å²) >= 11 is 0. The zero-order chi connectivity index (χ0) is 24.0. The second kappa shape index (κ2) is 9.47. The van der Waals surface area contributed by atoms with Crippen molar-refractivity contribution < 1.29 is 14.6 Å².